The van der Waals surface area contributed by atoms with Gasteiger partial charge < -0.3 is 14.6 Å². The van der Waals surface area contributed by atoms with Crippen molar-refractivity contribution < 1.29 is 9.53 Å². The molecule has 4 aliphatic heterocycles. The molecule has 2 aromatic rings. The van der Waals surface area contributed by atoms with Gasteiger partial charge in [-0.2, -0.15) is 11.1 Å². The average molecular weight is 572 g/mol. The van der Waals surface area contributed by atoms with Crippen LogP contribution in [0.4, 0.5) is 5.69 Å². The highest BCUT2D eigenvalue weighted by Gasteiger charge is 2.55. The SMILES string of the molecule is CN1c2cc(-c3ccc([C@H]4CC45CCN(C(=O)[C@H]4CCCO4)CC5)cc3)ccc2C(C2NNNN2)N1C1CCCCC1. The summed E-state index contributed by atoms with van der Waals surface area (Å²) < 4.78 is 5.66. The Kier molecular flexibility index (Phi) is 7.00. The van der Waals surface area contributed by atoms with Crippen LogP contribution in [0.1, 0.15) is 87.3 Å². The molecule has 2 saturated carbocycles. The number of rotatable bonds is 5. The molecule has 2 aromatic carbocycles. The Morgan fingerprint density at radius 2 is 1.64 bits per heavy atom. The van der Waals surface area contributed by atoms with E-state index in [0.717, 1.165) is 45.4 Å². The lowest BCUT2D eigenvalue weighted by molar-refractivity contribution is -0.142. The number of nitrogens with zero attached hydrogens (tertiary/aromatic N) is 3. The van der Waals surface area contributed by atoms with Crippen molar-refractivity contribution in [2.75, 3.05) is 31.8 Å². The summed E-state index contributed by atoms with van der Waals surface area (Å²) in [6.07, 6.45) is 11.8. The molecule has 1 amide bonds. The van der Waals surface area contributed by atoms with Gasteiger partial charge in [-0.1, -0.05) is 55.7 Å². The lowest BCUT2D eigenvalue weighted by Gasteiger charge is -2.41. The molecule has 1 unspecified atom stereocenters. The predicted molar refractivity (Wildman–Crippen MR) is 163 cm³/mol. The Balaban J connectivity index is 0.969. The number of hydrogen-bond donors (Lipinski definition) is 4. The number of piperidine rings is 1. The van der Waals surface area contributed by atoms with Crippen molar-refractivity contribution in [1.82, 2.24) is 31.8 Å². The topological polar surface area (TPSA) is 84.1 Å². The molecular formula is C33H45N7O2. The molecule has 0 radical (unpaired) electrons. The number of likely N-dealkylation sites (tertiary alicyclic amines) is 1. The normalized spacial score (nSPS) is 29.9. The molecule has 9 heteroatoms. The highest BCUT2D eigenvalue weighted by atomic mass is 16.5. The van der Waals surface area contributed by atoms with Crippen molar-refractivity contribution in [2.24, 2.45) is 5.41 Å². The standard InChI is InChI=1S/C33H45N7O2/c1-38-28-20-24(13-14-26(28)30(31-34-36-37-35-31)40(38)25-6-3-2-4-7-25)22-9-11-23(12-10-22)27-21-33(27)15-17-39(18-16-33)32(41)29-8-5-19-42-29/h9-14,20,25,27,29-31,34-37H,2-8,15-19,21H2,1H3/t27-,29-,30?/m1/s1. The van der Waals surface area contributed by atoms with E-state index in [0.29, 0.717) is 17.4 Å². The van der Waals surface area contributed by atoms with Gasteiger partial charge in [0.1, 0.15) is 12.3 Å². The first-order chi connectivity index (χ1) is 20.6. The van der Waals surface area contributed by atoms with Crippen molar-refractivity contribution in [3.05, 3.63) is 53.6 Å². The fraction of sp³-hybridized carbons (Fsp3) is 0.606. The maximum Gasteiger partial charge on any atom is 0.251 e. The number of carbonyl (C=O) groups is 1. The largest absolute Gasteiger partial charge is 0.368 e. The van der Waals surface area contributed by atoms with Crippen molar-refractivity contribution in [1.29, 1.82) is 0 Å². The molecule has 8 rings (SSSR count). The third-order valence-corrected chi connectivity index (χ3v) is 11.2. The zero-order valence-corrected chi connectivity index (χ0v) is 24.8. The number of ether oxygens (including phenoxy) is 1. The number of anilines is 1. The van der Waals surface area contributed by atoms with Gasteiger partial charge in [0.05, 0.1) is 11.7 Å². The Morgan fingerprint density at radius 1 is 0.905 bits per heavy atom. The lowest BCUT2D eigenvalue weighted by atomic mass is 9.88. The fourth-order valence-electron chi connectivity index (χ4n) is 8.71. The molecule has 2 aliphatic carbocycles. The van der Waals surface area contributed by atoms with Gasteiger partial charge in [-0.15, -0.1) is 0 Å². The second-order valence-corrected chi connectivity index (χ2v) is 13.5. The molecule has 224 valence electrons. The van der Waals surface area contributed by atoms with E-state index in [2.05, 4.69) is 86.4 Å². The van der Waals surface area contributed by atoms with Gasteiger partial charge in [0.2, 0.25) is 0 Å². The van der Waals surface area contributed by atoms with Crippen molar-refractivity contribution >= 4 is 11.6 Å². The average Bonchev–Trinajstić information content (AvgIpc) is 3.50. The number of fused-ring (bicyclic) bond motifs is 1. The summed E-state index contributed by atoms with van der Waals surface area (Å²) in [6, 6.07) is 17.1. The monoisotopic (exact) mass is 571 g/mol. The van der Waals surface area contributed by atoms with E-state index < -0.39 is 0 Å². The summed E-state index contributed by atoms with van der Waals surface area (Å²) in [6.45, 7) is 2.50. The molecule has 42 heavy (non-hydrogen) atoms. The number of benzene rings is 2. The second-order valence-electron chi connectivity index (χ2n) is 13.5. The van der Waals surface area contributed by atoms with Crippen molar-refractivity contribution in [2.45, 2.75) is 94.5 Å². The molecule has 4 N–H and O–H groups in total. The molecule has 5 fully saturated rings. The first kappa shape index (κ1) is 27.0. The molecular weight excluding hydrogens is 526 g/mol. The molecule has 0 aromatic heterocycles. The number of nitrogens with one attached hydrogen (secondary N) is 4. The molecule has 1 spiro atoms. The molecule has 0 bridgehead atoms. The van der Waals surface area contributed by atoms with Gasteiger partial charge >= 0.3 is 0 Å². The number of amides is 1. The Hall–Kier alpha value is -2.53. The van der Waals surface area contributed by atoms with Gasteiger partial charge in [0, 0.05) is 32.8 Å². The minimum Gasteiger partial charge on any atom is -0.368 e. The van der Waals surface area contributed by atoms with E-state index in [9.17, 15) is 4.79 Å². The van der Waals surface area contributed by atoms with E-state index >= 15 is 0 Å². The molecule has 4 heterocycles. The molecule has 3 atom stereocenters. The number of carbonyl (C=O) groups excluding carboxylic acids is 1. The lowest BCUT2D eigenvalue weighted by Crippen LogP contribution is -2.53. The summed E-state index contributed by atoms with van der Waals surface area (Å²) in [4.78, 5) is 14.9. The first-order valence-electron chi connectivity index (χ1n) is 16.3. The van der Waals surface area contributed by atoms with Crippen LogP contribution in [-0.4, -0.2) is 60.9 Å². The number of hydrogen-bond acceptors (Lipinski definition) is 8. The summed E-state index contributed by atoms with van der Waals surface area (Å²) in [5, 5.41) is 5.03. The minimum atomic E-state index is -0.188. The van der Waals surface area contributed by atoms with Gasteiger partial charge in [-0.3, -0.25) is 4.79 Å². The zero-order valence-electron chi connectivity index (χ0n) is 24.8. The highest BCUT2D eigenvalue weighted by Crippen LogP contribution is 2.65. The number of hydrazine groups is 4. The Morgan fingerprint density at radius 3 is 2.36 bits per heavy atom. The van der Waals surface area contributed by atoms with E-state index in [1.54, 1.807) is 0 Å². The Labute approximate surface area is 249 Å². The summed E-state index contributed by atoms with van der Waals surface area (Å²) >= 11 is 0. The van der Waals surface area contributed by atoms with Crippen LogP contribution in [0.25, 0.3) is 11.1 Å². The van der Waals surface area contributed by atoms with Crippen LogP contribution in [0, 0.1) is 5.41 Å². The van der Waals surface area contributed by atoms with Crippen LogP contribution in [-0.2, 0) is 9.53 Å². The van der Waals surface area contributed by atoms with E-state index in [1.807, 2.05) is 0 Å². The molecule has 9 nitrogen and oxygen atoms in total. The van der Waals surface area contributed by atoms with Gasteiger partial charge in [-0.25, -0.2) is 15.9 Å². The molecule has 3 saturated heterocycles. The van der Waals surface area contributed by atoms with Crippen LogP contribution >= 0.6 is 0 Å². The minimum absolute atomic E-state index is 0.0765. The van der Waals surface area contributed by atoms with Gasteiger partial charge in [0.25, 0.3) is 5.91 Å². The molecule has 6 aliphatic rings. The Bertz CT molecular complexity index is 1290. The van der Waals surface area contributed by atoms with Crippen LogP contribution in [0.2, 0.25) is 0 Å². The van der Waals surface area contributed by atoms with Gasteiger partial charge in [-0.05, 0) is 84.6 Å². The fourth-order valence-corrected chi connectivity index (χ4v) is 8.71. The first-order valence-corrected chi connectivity index (χ1v) is 16.3. The van der Waals surface area contributed by atoms with Crippen molar-refractivity contribution in [3.63, 3.8) is 0 Å². The van der Waals surface area contributed by atoms with Crippen LogP contribution < -0.4 is 26.9 Å². The van der Waals surface area contributed by atoms with E-state index in [4.69, 9.17) is 4.74 Å². The maximum absolute atomic E-state index is 12.8. The van der Waals surface area contributed by atoms with Crippen LogP contribution in [0.5, 0.6) is 0 Å². The quantitative estimate of drug-likeness (QED) is 0.427. The smallest absolute Gasteiger partial charge is 0.251 e. The van der Waals surface area contributed by atoms with Crippen LogP contribution in [0.15, 0.2) is 42.5 Å². The summed E-state index contributed by atoms with van der Waals surface area (Å²) in [5.74, 6) is 0.845. The van der Waals surface area contributed by atoms with Crippen molar-refractivity contribution in [3.8, 4) is 11.1 Å². The maximum atomic E-state index is 12.8. The van der Waals surface area contributed by atoms with Crippen LogP contribution in [0.3, 0.4) is 0 Å². The second kappa shape index (κ2) is 10.9. The highest BCUT2D eigenvalue weighted by molar-refractivity contribution is 5.81. The summed E-state index contributed by atoms with van der Waals surface area (Å²) in [7, 11) is 2.24. The zero-order chi connectivity index (χ0) is 28.3. The van der Waals surface area contributed by atoms with E-state index in [-0.39, 0.29) is 24.2 Å². The van der Waals surface area contributed by atoms with Gasteiger partial charge in [0.15, 0.2) is 0 Å². The third kappa shape index (κ3) is 4.66. The predicted octanol–water partition coefficient (Wildman–Crippen LogP) is 4.11. The third-order valence-electron chi connectivity index (χ3n) is 11.2. The van der Waals surface area contributed by atoms with E-state index in [1.165, 1.54) is 66.5 Å². The summed E-state index contributed by atoms with van der Waals surface area (Å²) in [5.41, 5.74) is 19.9.